The van der Waals surface area contributed by atoms with Gasteiger partial charge in [0.25, 0.3) is 0 Å². The van der Waals surface area contributed by atoms with Crippen LogP contribution in [-0.4, -0.2) is 49.5 Å². The molecule has 1 fully saturated rings. The smallest absolute Gasteiger partial charge is 0.0939 e. The van der Waals surface area contributed by atoms with E-state index in [9.17, 15) is 0 Å². The lowest BCUT2D eigenvalue weighted by Crippen LogP contribution is -2.48. The Labute approximate surface area is 87.4 Å². The van der Waals surface area contributed by atoms with Gasteiger partial charge in [0.05, 0.1) is 24.9 Å². The standard InChI is InChI=1S/C11H23NO2/c1-5-12-6-10(4)14-11(7-12)8-13-9(2)3/h9-11H,5-8H2,1-4H3. The first-order valence-electron chi connectivity index (χ1n) is 5.61. The summed E-state index contributed by atoms with van der Waals surface area (Å²) >= 11 is 0. The first kappa shape index (κ1) is 12.0. The van der Waals surface area contributed by atoms with Crippen LogP contribution in [0.15, 0.2) is 0 Å². The number of ether oxygens (including phenoxy) is 2. The van der Waals surface area contributed by atoms with Crippen LogP contribution >= 0.6 is 0 Å². The van der Waals surface area contributed by atoms with Gasteiger partial charge < -0.3 is 9.47 Å². The Balaban J connectivity index is 2.30. The molecular weight excluding hydrogens is 178 g/mol. The van der Waals surface area contributed by atoms with E-state index in [1.54, 1.807) is 0 Å². The van der Waals surface area contributed by atoms with Crippen molar-refractivity contribution in [3.8, 4) is 0 Å². The molecule has 1 saturated heterocycles. The van der Waals surface area contributed by atoms with Crippen LogP contribution in [0.2, 0.25) is 0 Å². The highest BCUT2D eigenvalue weighted by Crippen LogP contribution is 2.11. The summed E-state index contributed by atoms with van der Waals surface area (Å²) < 4.78 is 11.4. The van der Waals surface area contributed by atoms with E-state index in [4.69, 9.17) is 9.47 Å². The third kappa shape index (κ3) is 3.95. The fraction of sp³-hybridized carbons (Fsp3) is 1.00. The molecule has 1 aliphatic heterocycles. The SMILES string of the molecule is CCN1CC(C)OC(COC(C)C)C1. The van der Waals surface area contributed by atoms with Crippen LogP contribution in [0.4, 0.5) is 0 Å². The highest BCUT2D eigenvalue weighted by molar-refractivity contribution is 4.74. The minimum Gasteiger partial charge on any atom is -0.376 e. The molecule has 14 heavy (non-hydrogen) atoms. The van der Waals surface area contributed by atoms with Crippen molar-refractivity contribution < 1.29 is 9.47 Å². The van der Waals surface area contributed by atoms with Crippen LogP contribution in [0.25, 0.3) is 0 Å². The number of nitrogens with zero attached hydrogens (tertiary/aromatic N) is 1. The average molecular weight is 201 g/mol. The van der Waals surface area contributed by atoms with Gasteiger partial charge in [-0.15, -0.1) is 0 Å². The van der Waals surface area contributed by atoms with E-state index in [0.717, 1.165) is 26.2 Å². The quantitative estimate of drug-likeness (QED) is 0.688. The molecule has 0 aliphatic carbocycles. The molecule has 0 spiro atoms. The van der Waals surface area contributed by atoms with Crippen LogP contribution in [-0.2, 0) is 9.47 Å². The second-order valence-electron chi connectivity index (χ2n) is 4.30. The molecule has 0 radical (unpaired) electrons. The van der Waals surface area contributed by atoms with E-state index in [-0.39, 0.29) is 6.10 Å². The summed E-state index contributed by atoms with van der Waals surface area (Å²) in [6.45, 7) is 12.3. The summed E-state index contributed by atoms with van der Waals surface area (Å²) in [5.41, 5.74) is 0. The van der Waals surface area contributed by atoms with Crippen LogP contribution in [0.1, 0.15) is 27.7 Å². The van der Waals surface area contributed by atoms with Crippen LogP contribution in [0, 0.1) is 0 Å². The molecule has 0 amide bonds. The lowest BCUT2D eigenvalue weighted by Gasteiger charge is -2.36. The van der Waals surface area contributed by atoms with Gasteiger partial charge >= 0.3 is 0 Å². The Morgan fingerprint density at radius 3 is 2.71 bits per heavy atom. The molecular formula is C11H23NO2. The van der Waals surface area contributed by atoms with Crippen molar-refractivity contribution in [2.75, 3.05) is 26.2 Å². The predicted octanol–water partition coefficient (Wildman–Crippen LogP) is 1.52. The van der Waals surface area contributed by atoms with Gasteiger partial charge in [-0.25, -0.2) is 0 Å². The molecule has 0 aromatic heterocycles. The molecule has 1 aliphatic rings. The molecule has 84 valence electrons. The summed E-state index contributed by atoms with van der Waals surface area (Å²) in [7, 11) is 0. The molecule has 3 heteroatoms. The minimum atomic E-state index is 0.251. The van der Waals surface area contributed by atoms with Crippen LogP contribution in [0.3, 0.4) is 0 Å². The van der Waals surface area contributed by atoms with Crippen LogP contribution < -0.4 is 0 Å². The maximum atomic E-state index is 5.80. The molecule has 2 unspecified atom stereocenters. The molecule has 3 nitrogen and oxygen atoms in total. The molecule has 2 atom stereocenters. The van der Waals surface area contributed by atoms with Gasteiger partial charge in [0.15, 0.2) is 0 Å². The van der Waals surface area contributed by atoms with Crippen molar-refractivity contribution in [3.63, 3.8) is 0 Å². The summed E-state index contributed by atoms with van der Waals surface area (Å²) in [6, 6.07) is 0. The topological polar surface area (TPSA) is 21.7 Å². The second-order valence-corrected chi connectivity index (χ2v) is 4.30. The Kier molecular flexibility index (Phi) is 4.85. The largest absolute Gasteiger partial charge is 0.376 e. The molecule has 0 aromatic carbocycles. The van der Waals surface area contributed by atoms with E-state index < -0.39 is 0 Å². The van der Waals surface area contributed by atoms with Gasteiger partial charge in [-0.2, -0.15) is 0 Å². The maximum Gasteiger partial charge on any atom is 0.0939 e. The highest BCUT2D eigenvalue weighted by Gasteiger charge is 2.24. The van der Waals surface area contributed by atoms with Gasteiger partial charge in [-0.3, -0.25) is 4.90 Å². The molecule has 0 N–H and O–H groups in total. The minimum absolute atomic E-state index is 0.251. The lowest BCUT2D eigenvalue weighted by atomic mass is 10.2. The second kappa shape index (κ2) is 5.69. The van der Waals surface area contributed by atoms with Crippen molar-refractivity contribution >= 4 is 0 Å². The van der Waals surface area contributed by atoms with Crippen molar-refractivity contribution in [1.82, 2.24) is 4.90 Å². The Hall–Kier alpha value is -0.120. The number of morpholine rings is 1. The summed E-state index contributed by atoms with van der Waals surface area (Å²) in [6.07, 6.45) is 0.886. The van der Waals surface area contributed by atoms with Crippen molar-refractivity contribution in [3.05, 3.63) is 0 Å². The first-order valence-corrected chi connectivity index (χ1v) is 5.61. The molecule has 1 rings (SSSR count). The Morgan fingerprint density at radius 1 is 1.43 bits per heavy atom. The van der Waals surface area contributed by atoms with Gasteiger partial charge in [0.1, 0.15) is 0 Å². The normalized spacial score (nSPS) is 29.8. The summed E-state index contributed by atoms with van der Waals surface area (Å²) in [5.74, 6) is 0. The number of likely N-dealkylation sites (N-methyl/N-ethyl adjacent to an activating group) is 1. The predicted molar refractivity (Wildman–Crippen MR) is 57.5 cm³/mol. The van der Waals surface area contributed by atoms with E-state index in [2.05, 4.69) is 32.6 Å². The zero-order chi connectivity index (χ0) is 10.6. The monoisotopic (exact) mass is 201 g/mol. The highest BCUT2D eigenvalue weighted by atomic mass is 16.5. The van der Waals surface area contributed by atoms with Crippen molar-refractivity contribution in [2.45, 2.75) is 46.0 Å². The molecule has 1 heterocycles. The van der Waals surface area contributed by atoms with E-state index in [1.807, 2.05) is 0 Å². The Morgan fingerprint density at radius 2 is 2.14 bits per heavy atom. The van der Waals surface area contributed by atoms with Gasteiger partial charge in [0, 0.05) is 13.1 Å². The fourth-order valence-corrected chi connectivity index (χ4v) is 1.79. The molecule has 0 aromatic rings. The fourth-order valence-electron chi connectivity index (χ4n) is 1.79. The van der Waals surface area contributed by atoms with E-state index in [0.29, 0.717) is 12.2 Å². The van der Waals surface area contributed by atoms with E-state index >= 15 is 0 Å². The van der Waals surface area contributed by atoms with Gasteiger partial charge in [-0.1, -0.05) is 6.92 Å². The van der Waals surface area contributed by atoms with Crippen molar-refractivity contribution in [1.29, 1.82) is 0 Å². The average Bonchev–Trinajstić information content (AvgIpc) is 2.14. The van der Waals surface area contributed by atoms with Crippen LogP contribution in [0.5, 0.6) is 0 Å². The first-order chi connectivity index (χ1) is 6.61. The summed E-state index contributed by atoms with van der Waals surface area (Å²) in [5, 5.41) is 0. The van der Waals surface area contributed by atoms with E-state index in [1.165, 1.54) is 0 Å². The third-order valence-corrected chi connectivity index (χ3v) is 2.46. The zero-order valence-corrected chi connectivity index (χ0v) is 9.82. The number of hydrogen-bond acceptors (Lipinski definition) is 3. The maximum absolute atomic E-state index is 5.80. The molecule has 0 saturated carbocycles. The summed E-state index contributed by atoms with van der Waals surface area (Å²) in [4.78, 5) is 2.42. The number of hydrogen-bond donors (Lipinski definition) is 0. The lowest BCUT2D eigenvalue weighted by molar-refractivity contribution is -0.113. The third-order valence-electron chi connectivity index (χ3n) is 2.46. The van der Waals surface area contributed by atoms with Crippen molar-refractivity contribution in [2.24, 2.45) is 0 Å². The Bertz CT molecular complexity index is 161. The van der Waals surface area contributed by atoms with Gasteiger partial charge in [0.2, 0.25) is 0 Å². The number of rotatable bonds is 4. The zero-order valence-electron chi connectivity index (χ0n) is 9.82. The van der Waals surface area contributed by atoms with Gasteiger partial charge in [-0.05, 0) is 27.3 Å². The molecule has 0 bridgehead atoms.